The van der Waals surface area contributed by atoms with E-state index in [1.807, 2.05) is 37.5 Å². The maximum Gasteiger partial charge on any atom is 0.389 e. The molecule has 140 valence electrons. The van der Waals surface area contributed by atoms with Crippen molar-refractivity contribution in [2.75, 3.05) is 0 Å². The zero-order valence-corrected chi connectivity index (χ0v) is 15.2. The lowest BCUT2D eigenvalue weighted by molar-refractivity contribution is -0.140. The summed E-state index contributed by atoms with van der Waals surface area (Å²) in [5.41, 5.74) is 2.57. The van der Waals surface area contributed by atoms with Crippen molar-refractivity contribution in [1.82, 2.24) is 14.8 Å². The van der Waals surface area contributed by atoms with E-state index >= 15 is 0 Å². The summed E-state index contributed by atoms with van der Waals surface area (Å²) in [6.07, 6.45) is -3.05. The van der Waals surface area contributed by atoms with Crippen molar-refractivity contribution in [3.8, 4) is 11.1 Å². The Morgan fingerprint density at radius 1 is 1.15 bits per heavy atom. The van der Waals surface area contributed by atoms with Gasteiger partial charge in [0.25, 0.3) is 0 Å². The van der Waals surface area contributed by atoms with Crippen molar-refractivity contribution in [2.24, 2.45) is 7.05 Å². The second-order valence-corrected chi connectivity index (χ2v) is 7.63. The number of hydrogen-bond acceptors (Lipinski definition) is 4. The summed E-state index contributed by atoms with van der Waals surface area (Å²) in [6.45, 7) is 0. The zero-order valence-electron chi connectivity index (χ0n) is 14.4. The standard InChI is InChI=1S/C19H16F3N3OS/c1-25-10-14-6-13(9-23-18(14)24-25)11-2-3-12-8-17(27-16(12)7-11)15(26)4-5-19(20,21)22/h2-3,6-10,15,26H,4-5H2,1H3/t15-/m1/s1. The summed E-state index contributed by atoms with van der Waals surface area (Å²) >= 11 is 1.32. The number of aryl methyl sites for hydroxylation is 1. The van der Waals surface area contributed by atoms with Gasteiger partial charge < -0.3 is 5.11 Å². The van der Waals surface area contributed by atoms with Crippen LogP contribution < -0.4 is 0 Å². The molecule has 0 amide bonds. The van der Waals surface area contributed by atoms with Crippen molar-refractivity contribution in [1.29, 1.82) is 0 Å². The summed E-state index contributed by atoms with van der Waals surface area (Å²) in [7, 11) is 1.84. The number of thiophene rings is 1. The molecule has 1 N–H and O–H groups in total. The predicted octanol–water partition coefficient (Wildman–Crippen LogP) is 5.23. The first-order valence-electron chi connectivity index (χ1n) is 8.36. The molecule has 0 aliphatic rings. The molecule has 0 aliphatic heterocycles. The minimum absolute atomic E-state index is 0.329. The first kappa shape index (κ1) is 17.9. The fourth-order valence-corrected chi connectivity index (χ4v) is 4.15. The summed E-state index contributed by atoms with van der Waals surface area (Å²) in [6, 6.07) is 9.59. The lowest BCUT2D eigenvalue weighted by atomic mass is 10.1. The van der Waals surface area contributed by atoms with E-state index in [1.54, 1.807) is 16.9 Å². The van der Waals surface area contributed by atoms with Crippen LogP contribution in [0.1, 0.15) is 23.8 Å². The van der Waals surface area contributed by atoms with Crippen LogP contribution in [0.4, 0.5) is 13.2 Å². The average Bonchev–Trinajstić information content (AvgIpc) is 3.19. The predicted molar refractivity (Wildman–Crippen MR) is 99.6 cm³/mol. The smallest absolute Gasteiger partial charge is 0.388 e. The molecule has 1 aromatic carbocycles. The fraction of sp³-hybridized carbons (Fsp3) is 0.263. The van der Waals surface area contributed by atoms with Gasteiger partial charge in [-0.25, -0.2) is 4.98 Å². The van der Waals surface area contributed by atoms with E-state index < -0.39 is 18.7 Å². The lowest BCUT2D eigenvalue weighted by Gasteiger charge is -2.10. The number of aromatic nitrogens is 3. The summed E-state index contributed by atoms with van der Waals surface area (Å²) in [5, 5.41) is 16.2. The van der Waals surface area contributed by atoms with Crippen LogP contribution in [0.25, 0.3) is 32.2 Å². The fourth-order valence-electron chi connectivity index (χ4n) is 3.03. The Hall–Kier alpha value is -2.45. The molecule has 27 heavy (non-hydrogen) atoms. The molecule has 3 heterocycles. The van der Waals surface area contributed by atoms with Gasteiger partial charge >= 0.3 is 6.18 Å². The van der Waals surface area contributed by atoms with Crippen molar-refractivity contribution in [3.63, 3.8) is 0 Å². The van der Waals surface area contributed by atoms with Crippen LogP contribution in [-0.4, -0.2) is 26.0 Å². The molecule has 4 aromatic rings. The van der Waals surface area contributed by atoms with Crippen molar-refractivity contribution in [2.45, 2.75) is 25.1 Å². The molecule has 0 spiro atoms. The van der Waals surface area contributed by atoms with E-state index in [-0.39, 0.29) is 6.42 Å². The molecule has 0 unspecified atom stereocenters. The number of benzene rings is 1. The van der Waals surface area contributed by atoms with E-state index in [1.165, 1.54) is 11.3 Å². The van der Waals surface area contributed by atoms with Crippen LogP contribution in [0.2, 0.25) is 0 Å². The molecular formula is C19H16F3N3OS. The molecule has 0 saturated carbocycles. The number of halogens is 3. The first-order chi connectivity index (χ1) is 12.8. The summed E-state index contributed by atoms with van der Waals surface area (Å²) in [4.78, 5) is 4.91. The Labute approximate surface area is 156 Å². The van der Waals surface area contributed by atoms with E-state index in [4.69, 9.17) is 0 Å². The Morgan fingerprint density at radius 3 is 2.74 bits per heavy atom. The highest BCUT2D eigenvalue weighted by Gasteiger charge is 2.28. The van der Waals surface area contributed by atoms with Crippen molar-refractivity contribution >= 4 is 32.5 Å². The van der Waals surface area contributed by atoms with Crippen molar-refractivity contribution < 1.29 is 18.3 Å². The molecule has 3 aromatic heterocycles. The van der Waals surface area contributed by atoms with Gasteiger partial charge in [0.05, 0.1) is 6.10 Å². The molecule has 8 heteroatoms. The maximum atomic E-state index is 12.4. The minimum atomic E-state index is -4.26. The number of rotatable bonds is 4. The van der Waals surface area contributed by atoms with Crippen molar-refractivity contribution in [3.05, 3.63) is 47.6 Å². The number of nitrogens with zero attached hydrogens (tertiary/aromatic N) is 3. The van der Waals surface area contributed by atoms with Crippen LogP contribution in [0, 0.1) is 0 Å². The third-order valence-electron chi connectivity index (χ3n) is 4.38. The molecule has 4 nitrogen and oxygen atoms in total. The van der Waals surface area contributed by atoms with Crippen LogP contribution in [0.3, 0.4) is 0 Å². The van der Waals surface area contributed by atoms with Gasteiger partial charge in [0.1, 0.15) is 0 Å². The Kier molecular flexibility index (Phi) is 4.39. The molecule has 0 saturated heterocycles. The van der Waals surface area contributed by atoms with E-state index in [0.717, 1.165) is 26.6 Å². The van der Waals surface area contributed by atoms with Gasteiger partial charge in [0.2, 0.25) is 0 Å². The highest BCUT2D eigenvalue weighted by atomic mass is 32.1. The summed E-state index contributed by atoms with van der Waals surface area (Å²) < 4.78 is 39.7. The number of hydrogen-bond donors (Lipinski definition) is 1. The lowest BCUT2D eigenvalue weighted by Crippen LogP contribution is -2.09. The van der Waals surface area contributed by atoms with Gasteiger partial charge in [0, 0.05) is 46.4 Å². The van der Waals surface area contributed by atoms with Crippen LogP contribution >= 0.6 is 11.3 Å². The number of aliphatic hydroxyl groups is 1. The van der Waals surface area contributed by atoms with E-state index in [2.05, 4.69) is 10.1 Å². The second-order valence-electron chi connectivity index (χ2n) is 6.51. The molecule has 0 bridgehead atoms. The van der Waals surface area contributed by atoms with Gasteiger partial charge in [-0.05, 0) is 35.6 Å². The Balaban J connectivity index is 1.63. The zero-order chi connectivity index (χ0) is 19.2. The third kappa shape index (κ3) is 3.81. The average molecular weight is 391 g/mol. The third-order valence-corrected chi connectivity index (χ3v) is 5.57. The second kappa shape index (κ2) is 6.61. The SMILES string of the molecule is Cn1cc2cc(-c3ccc4cc([C@H](O)CCC(F)(F)F)sc4c3)cnc2n1. The van der Waals surface area contributed by atoms with Crippen LogP contribution in [-0.2, 0) is 7.05 Å². The van der Waals surface area contributed by atoms with Gasteiger partial charge in [-0.2, -0.15) is 18.3 Å². The van der Waals surface area contributed by atoms with Crippen LogP contribution in [0.5, 0.6) is 0 Å². The van der Waals surface area contributed by atoms with E-state index in [0.29, 0.717) is 10.5 Å². The number of pyridine rings is 1. The molecule has 4 rings (SSSR count). The van der Waals surface area contributed by atoms with Gasteiger partial charge in [0.15, 0.2) is 5.65 Å². The van der Waals surface area contributed by atoms with Gasteiger partial charge in [-0.3, -0.25) is 4.68 Å². The minimum Gasteiger partial charge on any atom is -0.388 e. The molecule has 0 fully saturated rings. The largest absolute Gasteiger partial charge is 0.389 e. The normalized spacial score (nSPS) is 13.5. The van der Waals surface area contributed by atoms with E-state index in [9.17, 15) is 18.3 Å². The summed E-state index contributed by atoms with van der Waals surface area (Å²) in [5.74, 6) is 0. The van der Waals surface area contributed by atoms with Gasteiger partial charge in [-0.1, -0.05) is 12.1 Å². The monoisotopic (exact) mass is 391 g/mol. The quantitative estimate of drug-likeness (QED) is 0.519. The number of alkyl halides is 3. The molecule has 1 atom stereocenters. The van der Waals surface area contributed by atoms with Gasteiger partial charge in [-0.15, -0.1) is 11.3 Å². The maximum absolute atomic E-state index is 12.4. The Bertz CT molecular complexity index is 1120. The first-order valence-corrected chi connectivity index (χ1v) is 9.18. The topological polar surface area (TPSA) is 50.9 Å². The number of aliphatic hydroxyl groups excluding tert-OH is 1. The number of fused-ring (bicyclic) bond motifs is 2. The highest BCUT2D eigenvalue weighted by Crippen LogP contribution is 2.36. The molecule has 0 radical (unpaired) electrons. The highest BCUT2D eigenvalue weighted by molar-refractivity contribution is 7.19. The Morgan fingerprint density at radius 2 is 1.96 bits per heavy atom. The molecule has 0 aliphatic carbocycles. The molecular weight excluding hydrogens is 375 g/mol. The van der Waals surface area contributed by atoms with Crippen LogP contribution in [0.15, 0.2) is 42.7 Å².